The number of rotatable bonds is 4. The van der Waals surface area contributed by atoms with Crippen molar-refractivity contribution in [1.29, 1.82) is 0 Å². The molecule has 4 nitrogen and oxygen atoms in total. The van der Waals surface area contributed by atoms with Crippen molar-refractivity contribution < 1.29 is 9.53 Å². The Morgan fingerprint density at radius 1 is 1.50 bits per heavy atom. The highest BCUT2D eigenvalue weighted by Gasteiger charge is 2.62. The van der Waals surface area contributed by atoms with Crippen molar-refractivity contribution in [3.8, 4) is 0 Å². The minimum Gasteiger partial charge on any atom is -0.378 e. The number of nitrogens with two attached hydrogens (primary N) is 1. The largest absolute Gasteiger partial charge is 0.378 e. The fourth-order valence-corrected chi connectivity index (χ4v) is 2.96. The molecule has 2 atom stereocenters. The van der Waals surface area contributed by atoms with Gasteiger partial charge in [0.05, 0.1) is 6.10 Å². The molecule has 6 heteroatoms. The fraction of sp³-hybridized carbons (Fsp3) is 0.562. The van der Waals surface area contributed by atoms with Crippen LogP contribution in [-0.4, -0.2) is 24.2 Å². The maximum atomic E-state index is 12.6. The lowest BCUT2D eigenvalue weighted by atomic mass is 9.54. The maximum absolute atomic E-state index is 12.6. The van der Waals surface area contributed by atoms with Crippen LogP contribution in [-0.2, 0) is 9.53 Å². The van der Waals surface area contributed by atoms with Crippen LogP contribution in [0.3, 0.4) is 0 Å². The molecule has 2 unspecified atom stereocenters. The van der Waals surface area contributed by atoms with Gasteiger partial charge in [0.25, 0.3) is 0 Å². The molecule has 2 rings (SSSR count). The summed E-state index contributed by atoms with van der Waals surface area (Å²) in [6, 6.07) is 5.41. The molecule has 3 N–H and O–H groups in total. The van der Waals surface area contributed by atoms with E-state index in [1.54, 1.807) is 12.1 Å². The predicted molar refractivity (Wildman–Crippen MR) is 92.8 cm³/mol. The van der Waals surface area contributed by atoms with Crippen molar-refractivity contribution >= 4 is 35.6 Å². The molecule has 0 saturated heterocycles. The van der Waals surface area contributed by atoms with Crippen LogP contribution >= 0.6 is 24.0 Å². The Morgan fingerprint density at radius 2 is 2.14 bits per heavy atom. The van der Waals surface area contributed by atoms with Crippen molar-refractivity contribution in [1.82, 2.24) is 0 Å². The van der Waals surface area contributed by atoms with E-state index >= 15 is 0 Å². The van der Waals surface area contributed by atoms with E-state index in [9.17, 15) is 4.79 Å². The molecule has 0 aromatic heterocycles. The Bertz CT molecular complexity index is 563. The van der Waals surface area contributed by atoms with Gasteiger partial charge in [-0.2, -0.15) is 0 Å². The molecule has 1 aliphatic rings. The molecular formula is C16H24Cl2N2O2. The first-order chi connectivity index (χ1) is 9.72. The van der Waals surface area contributed by atoms with E-state index in [0.29, 0.717) is 23.7 Å². The van der Waals surface area contributed by atoms with Gasteiger partial charge in [0.1, 0.15) is 5.54 Å². The zero-order chi connectivity index (χ0) is 15.8. The third-order valence-corrected chi connectivity index (χ3v) is 4.92. The number of benzene rings is 1. The van der Waals surface area contributed by atoms with Crippen molar-refractivity contribution in [2.24, 2.45) is 11.1 Å². The highest BCUT2D eigenvalue weighted by Crippen LogP contribution is 2.50. The number of amides is 1. The molecule has 0 aliphatic heterocycles. The van der Waals surface area contributed by atoms with Crippen LogP contribution in [0.1, 0.15) is 32.8 Å². The van der Waals surface area contributed by atoms with E-state index in [0.717, 1.165) is 5.56 Å². The summed E-state index contributed by atoms with van der Waals surface area (Å²) < 4.78 is 5.65. The second-order valence-electron chi connectivity index (χ2n) is 6.25. The van der Waals surface area contributed by atoms with Gasteiger partial charge in [0.15, 0.2) is 0 Å². The van der Waals surface area contributed by atoms with Crippen molar-refractivity contribution in [2.75, 3.05) is 11.9 Å². The van der Waals surface area contributed by atoms with Gasteiger partial charge in [-0.25, -0.2) is 0 Å². The Kier molecular flexibility index (Phi) is 5.90. The maximum Gasteiger partial charge on any atom is 0.245 e. The summed E-state index contributed by atoms with van der Waals surface area (Å²) in [6.45, 7) is 8.44. The number of anilines is 1. The predicted octanol–water partition coefficient (Wildman–Crippen LogP) is 3.54. The molecule has 0 spiro atoms. The van der Waals surface area contributed by atoms with Crippen molar-refractivity contribution in [2.45, 2.75) is 45.8 Å². The standard InChI is InChI=1S/C16H23ClN2O2.ClH/c1-5-21-13-9-16(18,15(13,3)4)14(20)19-12-8-11(17)7-6-10(12)2;/h6-8,13H,5,9,18H2,1-4H3,(H,19,20);1H. The second kappa shape index (κ2) is 6.75. The minimum atomic E-state index is -0.929. The average molecular weight is 347 g/mol. The molecule has 1 amide bonds. The number of hydrogen-bond acceptors (Lipinski definition) is 3. The molecule has 1 fully saturated rings. The van der Waals surface area contributed by atoms with Gasteiger partial charge in [-0.05, 0) is 31.5 Å². The normalized spacial score (nSPS) is 25.8. The molecule has 1 aliphatic carbocycles. The number of halogens is 2. The van der Waals surface area contributed by atoms with E-state index in [4.69, 9.17) is 22.1 Å². The van der Waals surface area contributed by atoms with Crippen LogP contribution < -0.4 is 11.1 Å². The summed E-state index contributed by atoms with van der Waals surface area (Å²) in [4.78, 5) is 12.6. The molecule has 1 aromatic carbocycles. The van der Waals surface area contributed by atoms with Crippen LogP contribution in [0, 0.1) is 12.3 Å². The van der Waals surface area contributed by atoms with E-state index < -0.39 is 11.0 Å². The fourth-order valence-electron chi connectivity index (χ4n) is 2.78. The first kappa shape index (κ1) is 19.2. The lowest BCUT2D eigenvalue weighted by Gasteiger charge is -2.57. The van der Waals surface area contributed by atoms with Gasteiger partial charge < -0.3 is 15.8 Å². The van der Waals surface area contributed by atoms with Crippen LogP contribution in [0.25, 0.3) is 0 Å². The second-order valence-corrected chi connectivity index (χ2v) is 6.69. The van der Waals surface area contributed by atoms with Gasteiger partial charge in [0, 0.05) is 29.2 Å². The van der Waals surface area contributed by atoms with Crippen molar-refractivity contribution in [3.63, 3.8) is 0 Å². The highest BCUT2D eigenvalue weighted by molar-refractivity contribution is 6.31. The third-order valence-electron chi connectivity index (χ3n) is 4.68. The van der Waals surface area contributed by atoms with Crippen molar-refractivity contribution in [3.05, 3.63) is 28.8 Å². The number of nitrogens with one attached hydrogen (secondary N) is 1. The van der Waals surface area contributed by atoms with Crippen LogP contribution in [0.4, 0.5) is 5.69 Å². The van der Waals surface area contributed by atoms with Crippen LogP contribution in [0.5, 0.6) is 0 Å². The average Bonchev–Trinajstić information content (AvgIpc) is 2.42. The van der Waals surface area contributed by atoms with Gasteiger partial charge >= 0.3 is 0 Å². The van der Waals surface area contributed by atoms with E-state index in [2.05, 4.69) is 5.32 Å². The number of carbonyl (C=O) groups is 1. The molecule has 0 heterocycles. The minimum absolute atomic E-state index is 0. The smallest absolute Gasteiger partial charge is 0.245 e. The summed E-state index contributed by atoms with van der Waals surface area (Å²) in [5.74, 6) is -0.186. The summed E-state index contributed by atoms with van der Waals surface area (Å²) >= 11 is 5.98. The number of carbonyl (C=O) groups excluding carboxylic acids is 1. The third kappa shape index (κ3) is 3.11. The van der Waals surface area contributed by atoms with E-state index in [1.807, 2.05) is 33.8 Å². The lowest BCUT2D eigenvalue weighted by molar-refractivity contribution is -0.166. The Hall–Kier alpha value is -0.810. The zero-order valence-corrected chi connectivity index (χ0v) is 15.0. The zero-order valence-electron chi connectivity index (χ0n) is 13.4. The van der Waals surface area contributed by atoms with E-state index in [1.165, 1.54) is 0 Å². The SMILES string of the molecule is CCOC1CC(N)(C(=O)Nc2cc(Cl)ccc2C)C1(C)C.Cl. The highest BCUT2D eigenvalue weighted by atomic mass is 35.5. The number of hydrogen-bond donors (Lipinski definition) is 2. The van der Waals surface area contributed by atoms with Gasteiger partial charge in [-0.15, -0.1) is 12.4 Å². The molecule has 0 radical (unpaired) electrons. The molecular weight excluding hydrogens is 323 g/mol. The van der Waals surface area contributed by atoms with E-state index in [-0.39, 0.29) is 24.4 Å². The molecule has 1 saturated carbocycles. The molecule has 22 heavy (non-hydrogen) atoms. The Balaban J connectivity index is 0.00000242. The van der Waals surface area contributed by atoms with Gasteiger partial charge in [-0.1, -0.05) is 31.5 Å². The number of aryl methyl sites for hydroxylation is 1. The topological polar surface area (TPSA) is 64.3 Å². The summed E-state index contributed by atoms with van der Waals surface area (Å²) in [6.07, 6.45) is 0.540. The first-order valence-electron chi connectivity index (χ1n) is 7.20. The lowest BCUT2D eigenvalue weighted by Crippen LogP contribution is -2.74. The summed E-state index contributed by atoms with van der Waals surface area (Å²) in [7, 11) is 0. The molecule has 124 valence electrons. The first-order valence-corrected chi connectivity index (χ1v) is 7.58. The Morgan fingerprint density at radius 3 is 2.68 bits per heavy atom. The van der Waals surface area contributed by atoms with Gasteiger partial charge in [-0.3, -0.25) is 4.79 Å². The molecule has 1 aromatic rings. The van der Waals surface area contributed by atoms with Crippen LogP contribution in [0.15, 0.2) is 18.2 Å². The van der Waals surface area contributed by atoms with Crippen LogP contribution in [0.2, 0.25) is 5.02 Å². The monoisotopic (exact) mass is 346 g/mol. The molecule has 0 bridgehead atoms. The Labute approximate surface area is 143 Å². The van der Waals surface area contributed by atoms with Gasteiger partial charge in [0.2, 0.25) is 5.91 Å². The summed E-state index contributed by atoms with van der Waals surface area (Å²) in [5.41, 5.74) is 6.68. The quantitative estimate of drug-likeness (QED) is 0.876. The number of ether oxygens (including phenoxy) is 1. The summed E-state index contributed by atoms with van der Waals surface area (Å²) in [5, 5.41) is 3.49.